The number of fused-ring (bicyclic) bond motifs is 1. The number of hydrogen-bond donors (Lipinski definition) is 2. The van der Waals surface area contributed by atoms with E-state index in [2.05, 4.69) is 41.4 Å². The van der Waals surface area contributed by atoms with Crippen LogP contribution in [0.4, 0.5) is 5.69 Å². The average molecular weight is 301 g/mol. The van der Waals surface area contributed by atoms with E-state index in [9.17, 15) is 4.79 Å². The topological polar surface area (TPSA) is 58.4 Å². The molecule has 4 heteroatoms. The highest BCUT2D eigenvalue weighted by atomic mass is 16.1. The number of carbonyl (C=O) groups is 1. The first-order valence-electron chi connectivity index (χ1n) is 8.52. The van der Waals surface area contributed by atoms with Gasteiger partial charge in [-0.25, -0.2) is 0 Å². The Balaban J connectivity index is 1.48. The zero-order valence-electron chi connectivity index (χ0n) is 13.4. The minimum Gasteiger partial charge on any atom is -0.366 e. The van der Waals surface area contributed by atoms with E-state index in [-0.39, 0.29) is 11.9 Å². The Labute approximate surface area is 133 Å². The molecule has 1 amide bonds. The van der Waals surface area contributed by atoms with Crippen LogP contribution < -0.4 is 16.0 Å². The molecule has 2 aliphatic rings. The van der Waals surface area contributed by atoms with Crippen LogP contribution in [0.1, 0.15) is 38.2 Å². The number of amides is 1. The summed E-state index contributed by atoms with van der Waals surface area (Å²) in [6.07, 6.45) is 5.03. The molecule has 0 spiro atoms. The predicted octanol–water partition coefficient (Wildman–Crippen LogP) is 2.07. The van der Waals surface area contributed by atoms with Gasteiger partial charge in [-0.2, -0.15) is 0 Å². The minimum absolute atomic E-state index is 0.154. The lowest BCUT2D eigenvalue weighted by Gasteiger charge is -2.27. The number of rotatable bonds is 5. The monoisotopic (exact) mass is 301 g/mol. The highest BCUT2D eigenvalue weighted by molar-refractivity contribution is 5.76. The van der Waals surface area contributed by atoms with E-state index < -0.39 is 0 Å². The molecule has 1 saturated carbocycles. The smallest absolute Gasteiger partial charge is 0.220 e. The predicted molar refractivity (Wildman–Crippen MR) is 89.9 cm³/mol. The quantitative estimate of drug-likeness (QED) is 0.875. The summed E-state index contributed by atoms with van der Waals surface area (Å²) in [5.41, 5.74) is 8.78. The largest absolute Gasteiger partial charge is 0.366 e. The fourth-order valence-corrected chi connectivity index (χ4v) is 3.82. The third-order valence-corrected chi connectivity index (χ3v) is 5.22. The van der Waals surface area contributed by atoms with Crippen LogP contribution in [0.2, 0.25) is 0 Å². The van der Waals surface area contributed by atoms with Crippen LogP contribution in [0.3, 0.4) is 0 Å². The summed E-state index contributed by atoms with van der Waals surface area (Å²) < 4.78 is 0. The van der Waals surface area contributed by atoms with Gasteiger partial charge in [0.15, 0.2) is 0 Å². The number of nitrogens with two attached hydrogens (primary N) is 1. The molecule has 1 aromatic rings. The van der Waals surface area contributed by atoms with Gasteiger partial charge in [0.2, 0.25) is 5.91 Å². The molecule has 1 heterocycles. The molecule has 0 bridgehead atoms. The lowest BCUT2D eigenvalue weighted by atomic mass is 10.00. The number of anilines is 1. The van der Waals surface area contributed by atoms with Crippen LogP contribution in [0, 0.1) is 5.92 Å². The number of para-hydroxylation sites is 1. The summed E-state index contributed by atoms with van der Waals surface area (Å²) in [5.74, 6) is 0.532. The SMILES string of the molecule is CC(CNC(=O)C[C@@H]1CCC[C@H]1N)N1CCc2ccccc21. The maximum Gasteiger partial charge on any atom is 0.220 e. The molecule has 1 aliphatic heterocycles. The zero-order chi connectivity index (χ0) is 15.5. The molecule has 22 heavy (non-hydrogen) atoms. The lowest BCUT2D eigenvalue weighted by Crippen LogP contribution is -2.42. The number of hydrogen-bond acceptors (Lipinski definition) is 3. The Morgan fingerprint density at radius 1 is 1.41 bits per heavy atom. The maximum absolute atomic E-state index is 12.1. The van der Waals surface area contributed by atoms with Crippen LogP contribution in [-0.2, 0) is 11.2 Å². The fourth-order valence-electron chi connectivity index (χ4n) is 3.82. The van der Waals surface area contributed by atoms with Gasteiger partial charge in [-0.15, -0.1) is 0 Å². The van der Waals surface area contributed by atoms with Crippen LogP contribution >= 0.6 is 0 Å². The van der Waals surface area contributed by atoms with E-state index >= 15 is 0 Å². The molecule has 1 fully saturated rings. The molecule has 0 saturated heterocycles. The van der Waals surface area contributed by atoms with Gasteiger partial charge in [-0.05, 0) is 43.7 Å². The van der Waals surface area contributed by atoms with Crippen LogP contribution in [0.15, 0.2) is 24.3 Å². The normalized spacial score (nSPS) is 25.1. The highest BCUT2D eigenvalue weighted by Gasteiger charge is 2.27. The molecule has 0 radical (unpaired) electrons. The molecule has 3 atom stereocenters. The first kappa shape index (κ1) is 15.3. The van der Waals surface area contributed by atoms with E-state index in [1.807, 2.05) is 0 Å². The van der Waals surface area contributed by atoms with E-state index in [1.165, 1.54) is 17.7 Å². The second-order valence-corrected chi connectivity index (χ2v) is 6.78. The van der Waals surface area contributed by atoms with E-state index in [0.717, 1.165) is 25.8 Å². The van der Waals surface area contributed by atoms with Crippen molar-refractivity contribution in [1.29, 1.82) is 0 Å². The van der Waals surface area contributed by atoms with Gasteiger partial charge in [0.05, 0.1) is 0 Å². The van der Waals surface area contributed by atoms with Crippen molar-refractivity contribution in [3.05, 3.63) is 29.8 Å². The van der Waals surface area contributed by atoms with Crippen LogP contribution in [0.5, 0.6) is 0 Å². The Kier molecular flexibility index (Phi) is 4.67. The van der Waals surface area contributed by atoms with Gasteiger partial charge < -0.3 is 16.0 Å². The van der Waals surface area contributed by atoms with Crippen molar-refractivity contribution < 1.29 is 4.79 Å². The zero-order valence-corrected chi connectivity index (χ0v) is 13.4. The fraction of sp³-hybridized carbons (Fsp3) is 0.611. The van der Waals surface area contributed by atoms with Gasteiger partial charge in [-0.3, -0.25) is 4.79 Å². The standard InChI is InChI=1S/C18H27N3O/c1-13(21-10-9-14-5-2-3-8-17(14)21)12-20-18(22)11-15-6-4-7-16(15)19/h2-3,5,8,13,15-16H,4,6-7,9-12,19H2,1H3,(H,20,22)/t13?,15-,16+/m0/s1. The summed E-state index contributed by atoms with van der Waals surface area (Å²) in [5, 5.41) is 3.10. The van der Waals surface area contributed by atoms with Gasteiger partial charge >= 0.3 is 0 Å². The molecule has 120 valence electrons. The third kappa shape index (κ3) is 3.27. The third-order valence-electron chi connectivity index (χ3n) is 5.22. The van der Waals surface area contributed by atoms with Crippen molar-refractivity contribution in [2.45, 2.75) is 51.1 Å². The second-order valence-electron chi connectivity index (χ2n) is 6.78. The maximum atomic E-state index is 12.1. The molecule has 1 aromatic carbocycles. The van der Waals surface area contributed by atoms with Gasteiger partial charge in [-0.1, -0.05) is 24.6 Å². The molecular weight excluding hydrogens is 274 g/mol. The Bertz CT molecular complexity index is 531. The molecule has 1 aliphatic carbocycles. The van der Waals surface area contributed by atoms with Crippen molar-refractivity contribution in [2.75, 3.05) is 18.0 Å². The van der Waals surface area contributed by atoms with Gasteiger partial charge in [0.25, 0.3) is 0 Å². The summed E-state index contributed by atoms with van der Waals surface area (Å²) in [4.78, 5) is 14.5. The Hall–Kier alpha value is -1.55. The summed E-state index contributed by atoms with van der Waals surface area (Å²) in [6, 6.07) is 9.10. The summed E-state index contributed by atoms with van der Waals surface area (Å²) in [7, 11) is 0. The van der Waals surface area contributed by atoms with Crippen LogP contribution in [0.25, 0.3) is 0 Å². The van der Waals surface area contributed by atoms with E-state index in [0.29, 0.717) is 24.9 Å². The van der Waals surface area contributed by atoms with E-state index in [1.54, 1.807) is 0 Å². The van der Waals surface area contributed by atoms with Crippen molar-refractivity contribution in [3.63, 3.8) is 0 Å². The Morgan fingerprint density at radius 3 is 3.00 bits per heavy atom. The molecule has 3 rings (SSSR count). The molecule has 3 N–H and O–H groups in total. The molecular formula is C18H27N3O. The Morgan fingerprint density at radius 2 is 2.23 bits per heavy atom. The van der Waals surface area contributed by atoms with E-state index in [4.69, 9.17) is 5.73 Å². The van der Waals surface area contributed by atoms with Crippen LogP contribution in [-0.4, -0.2) is 31.1 Å². The van der Waals surface area contributed by atoms with Gasteiger partial charge in [0, 0.05) is 37.3 Å². The lowest BCUT2D eigenvalue weighted by molar-refractivity contribution is -0.122. The number of nitrogens with zero attached hydrogens (tertiary/aromatic N) is 1. The summed E-state index contributed by atoms with van der Waals surface area (Å²) >= 11 is 0. The summed E-state index contributed by atoms with van der Waals surface area (Å²) in [6.45, 7) is 3.93. The van der Waals surface area contributed by atoms with Gasteiger partial charge in [0.1, 0.15) is 0 Å². The molecule has 4 nitrogen and oxygen atoms in total. The minimum atomic E-state index is 0.154. The van der Waals surface area contributed by atoms with Crippen molar-refractivity contribution >= 4 is 11.6 Å². The van der Waals surface area contributed by atoms with Crippen molar-refractivity contribution in [3.8, 4) is 0 Å². The first-order chi connectivity index (χ1) is 10.6. The van der Waals surface area contributed by atoms with Crippen molar-refractivity contribution in [2.24, 2.45) is 11.7 Å². The molecule has 0 aromatic heterocycles. The molecule has 1 unspecified atom stereocenters. The number of nitrogens with one attached hydrogen (secondary N) is 1. The second kappa shape index (κ2) is 6.69. The first-order valence-corrected chi connectivity index (χ1v) is 8.52. The number of carbonyl (C=O) groups excluding carboxylic acids is 1. The van der Waals surface area contributed by atoms with Crippen molar-refractivity contribution in [1.82, 2.24) is 5.32 Å². The average Bonchev–Trinajstić information content (AvgIpc) is 3.12. The highest BCUT2D eigenvalue weighted by Crippen LogP contribution is 2.29. The number of benzene rings is 1.